The molecule has 5 rings (SSSR count). The summed E-state index contributed by atoms with van der Waals surface area (Å²) in [7, 11) is -0.0277. The summed E-state index contributed by atoms with van der Waals surface area (Å²) in [5.41, 5.74) is 2.19. The van der Waals surface area contributed by atoms with Crippen LogP contribution >= 0.6 is 0 Å². The monoisotopic (exact) mass is 356 g/mol. The van der Waals surface area contributed by atoms with Gasteiger partial charge in [-0.1, -0.05) is 19.4 Å². The van der Waals surface area contributed by atoms with Gasteiger partial charge in [-0.05, 0) is 92.3 Å². The van der Waals surface area contributed by atoms with Crippen LogP contribution in [0.15, 0.2) is 11.6 Å². The number of hydrogen-bond donors (Lipinski definition) is 0. The summed E-state index contributed by atoms with van der Waals surface area (Å²) in [6.45, 7) is 7.86. The van der Waals surface area contributed by atoms with Crippen molar-refractivity contribution >= 4 is 12.9 Å². The second kappa shape index (κ2) is 5.94. The van der Waals surface area contributed by atoms with Gasteiger partial charge in [0.15, 0.2) is 5.78 Å². The first-order chi connectivity index (χ1) is 12.4. The van der Waals surface area contributed by atoms with Gasteiger partial charge >= 0.3 is 7.12 Å². The van der Waals surface area contributed by atoms with E-state index in [1.807, 2.05) is 12.9 Å². The first-order valence-electron chi connectivity index (χ1n) is 10.9. The zero-order valence-electron chi connectivity index (χ0n) is 16.6. The summed E-state index contributed by atoms with van der Waals surface area (Å²) in [6.07, 6.45) is 12.0. The zero-order chi connectivity index (χ0) is 18.1. The minimum Gasteiger partial charge on any atom is -0.409 e. The van der Waals surface area contributed by atoms with Crippen LogP contribution in [0.1, 0.15) is 65.2 Å². The number of hydrogen-bond acceptors (Lipinski definition) is 3. The molecule has 4 heteroatoms. The van der Waals surface area contributed by atoms with E-state index in [0.717, 1.165) is 43.6 Å². The first-order valence-corrected chi connectivity index (χ1v) is 10.9. The third-order valence-corrected chi connectivity index (χ3v) is 9.35. The zero-order valence-corrected chi connectivity index (χ0v) is 16.6. The van der Waals surface area contributed by atoms with Gasteiger partial charge in [-0.25, -0.2) is 0 Å². The van der Waals surface area contributed by atoms with Crippen LogP contribution in [0, 0.1) is 34.5 Å². The van der Waals surface area contributed by atoms with E-state index in [-0.39, 0.29) is 12.5 Å². The lowest BCUT2D eigenvalue weighted by Crippen LogP contribution is -2.51. The highest BCUT2D eigenvalue weighted by Gasteiger charge is 2.60. The molecule has 1 aliphatic heterocycles. The molecule has 4 fully saturated rings. The number of carbonyl (C=O) groups is 1. The van der Waals surface area contributed by atoms with Gasteiger partial charge in [-0.15, -0.1) is 0 Å². The van der Waals surface area contributed by atoms with Gasteiger partial charge in [0, 0.05) is 6.42 Å². The molecule has 0 amide bonds. The summed E-state index contributed by atoms with van der Waals surface area (Å²) in [5.74, 6) is 3.49. The minimum atomic E-state index is -0.0277. The lowest BCUT2D eigenvalue weighted by Gasteiger charge is -2.58. The Hall–Kier alpha value is -0.605. The van der Waals surface area contributed by atoms with E-state index in [1.165, 1.54) is 37.7 Å². The molecule has 142 valence electrons. The Bertz CT molecular complexity index is 645. The Morgan fingerprint density at radius 2 is 1.85 bits per heavy atom. The average molecular weight is 356 g/mol. The molecule has 3 nitrogen and oxygen atoms in total. The molecule has 7 atom stereocenters. The van der Waals surface area contributed by atoms with Crippen LogP contribution in [-0.4, -0.2) is 25.6 Å². The van der Waals surface area contributed by atoms with Crippen molar-refractivity contribution in [3.8, 4) is 0 Å². The molecule has 3 unspecified atom stereocenters. The summed E-state index contributed by atoms with van der Waals surface area (Å²) >= 11 is 0. The van der Waals surface area contributed by atoms with Gasteiger partial charge in [0.05, 0.1) is 12.7 Å². The first kappa shape index (κ1) is 17.5. The van der Waals surface area contributed by atoms with Gasteiger partial charge < -0.3 is 9.31 Å². The second-order valence-electron chi connectivity index (χ2n) is 10.3. The summed E-state index contributed by atoms with van der Waals surface area (Å²) in [4.78, 5) is 12.0. The number of carbonyl (C=O) groups excluding carboxylic acids is 1. The fourth-order valence-corrected chi connectivity index (χ4v) is 7.98. The van der Waals surface area contributed by atoms with Crippen LogP contribution in [0.3, 0.4) is 0 Å². The molecular formula is C22H33BO3. The fourth-order valence-electron chi connectivity index (χ4n) is 7.98. The topological polar surface area (TPSA) is 35.5 Å². The summed E-state index contributed by atoms with van der Waals surface area (Å²) in [6, 6.07) is 0. The molecule has 1 heterocycles. The van der Waals surface area contributed by atoms with E-state index in [1.54, 1.807) is 0 Å². The molecule has 0 N–H and O–H groups in total. The minimum absolute atomic E-state index is 0.0277. The number of allylic oxidation sites excluding steroid dienone is 1. The van der Waals surface area contributed by atoms with E-state index in [2.05, 4.69) is 13.8 Å². The summed E-state index contributed by atoms with van der Waals surface area (Å²) in [5, 5.41) is 0. The highest BCUT2D eigenvalue weighted by atomic mass is 16.6. The Kier molecular flexibility index (Phi) is 4.00. The van der Waals surface area contributed by atoms with E-state index in [0.29, 0.717) is 23.2 Å². The average Bonchev–Trinajstić information content (AvgIpc) is 3.18. The summed E-state index contributed by atoms with van der Waals surface area (Å²) < 4.78 is 11.9. The Morgan fingerprint density at radius 3 is 2.62 bits per heavy atom. The quantitative estimate of drug-likeness (QED) is 0.641. The molecule has 1 saturated heterocycles. The van der Waals surface area contributed by atoms with Crippen LogP contribution in [0.25, 0.3) is 0 Å². The molecule has 5 aliphatic rings. The Balaban J connectivity index is 1.42. The van der Waals surface area contributed by atoms with Crippen molar-refractivity contribution in [1.29, 1.82) is 0 Å². The van der Waals surface area contributed by atoms with Crippen molar-refractivity contribution in [3.05, 3.63) is 11.6 Å². The molecule has 3 saturated carbocycles. The third kappa shape index (κ3) is 2.37. The Labute approximate surface area is 158 Å². The number of ketones is 1. The normalized spacial score (nSPS) is 50.9. The standard InChI is InChI=1S/C22H33BO3/c1-21-10-8-15(24)12-14(21)4-5-16-17-6-7-19(20-13-25-23(3)26-20)22(17,2)11-9-18(16)21/h12,16-20H,4-11,13H2,1-3H3/t16?,17?,18?,19-,20+,21+,22+/m1/s1. The smallest absolute Gasteiger partial charge is 0.409 e. The van der Waals surface area contributed by atoms with Crippen LogP contribution in [0.5, 0.6) is 0 Å². The van der Waals surface area contributed by atoms with E-state index < -0.39 is 0 Å². The Morgan fingerprint density at radius 1 is 1.04 bits per heavy atom. The molecule has 0 aromatic rings. The molecule has 26 heavy (non-hydrogen) atoms. The molecule has 0 aromatic heterocycles. The maximum absolute atomic E-state index is 12.0. The molecule has 0 spiro atoms. The van der Waals surface area contributed by atoms with Crippen LogP contribution in [0.4, 0.5) is 0 Å². The SMILES string of the molecule is CB1OC[C@@H]([C@H]2CCC3C4CCC5=CC(=O)CC[C@]5(C)C4CC[C@@]32C)O1. The number of fused-ring (bicyclic) bond motifs is 5. The second-order valence-corrected chi connectivity index (χ2v) is 10.3. The van der Waals surface area contributed by atoms with Crippen LogP contribution in [-0.2, 0) is 14.1 Å². The van der Waals surface area contributed by atoms with Crippen LogP contribution in [0.2, 0.25) is 6.82 Å². The van der Waals surface area contributed by atoms with E-state index >= 15 is 0 Å². The maximum atomic E-state index is 12.0. The van der Waals surface area contributed by atoms with E-state index in [4.69, 9.17) is 9.31 Å². The predicted octanol–water partition coefficient (Wildman–Crippen LogP) is 4.67. The highest BCUT2D eigenvalue weighted by molar-refractivity contribution is 6.43. The van der Waals surface area contributed by atoms with Crippen molar-refractivity contribution in [2.75, 3.05) is 6.61 Å². The van der Waals surface area contributed by atoms with E-state index in [9.17, 15) is 4.79 Å². The van der Waals surface area contributed by atoms with Gasteiger partial charge in [-0.3, -0.25) is 4.79 Å². The lowest BCUT2D eigenvalue weighted by atomic mass is 9.46. The van der Waals surface area contributed by atoms with Crippen molar-refractivity contribution in [3.63, 3.8) is 0 Å². The molecular weight excluding hydrogens is 323 g/mol. The highest BCUT2D eigenvalue weighted by Crippen LogP contribution is 2.67. The third-order valence-electron chi connectivity index (χ3n) is 9.35. The molecule has 0 radical (unpaired) electrons. The fraction of sp³-hybridized carbons (Fsp3) is 0.864. The van der Waals surface area contributed by atoms with Crippen molar-refractivity contribution in [2.45, 2.75) is 78.1 Å². The lowest BCUT2D eigenvalue weighted by molar-refractivity contribution is -0.117. The van der Waals surface area contributed by atoms with Gasteiger partial charge in [-0.2, -0.15) is 0 Å². The van der Waals surface area contributed by atoms with Crippen molar-refractivity contribution < 1.29 is 14.1 Å². The maximum Gasteiger partial charge on any atom is 0.453 e. The number of rotatable bonds is 1. The molecule has 0 aromatic carbocycles. The van der Waals surface area contributed by atoms with Gasteiger partial charge in [0.1, 0.15) is 0 Å². The van der Waals surface area contributed by atoms with Crippen molar-refractivity contribution in [1.82, 2.24) is 0 Å². The molecule has 4 aliphatic carbocycles. The van der Waals surface area contributed by atoms with Gasteiger partial charge in [0.25, 0.3) is 0 Å². The van der Waals surface area contributed by atoms with Crippen molar-refractivity contribution in [2.24, 2.45) is 34.5 Å². The van der Waals surface area contributed by atoms with Gasteiger partial charge in [0.2, 0.25) is 0 Å². The van der Waals surface area contributed by atoms with Crippen LogP contribution < -0.4 is 0 Å². The molecule has 0 bridgehead atoms. The predicted molar refractivity (Wildman–Crippen MR) is 103 cm³/mol. The largest absolute Gasteiger partial charge is 0.453 e.